The summed E-state index contributed by atoms with van der Waals surface area (Å²) in [4.78, 5) is 14.3. The van der Waals surface area contributed by atoms with Crippen LogP contribution in [-0.2, 0) is 16.1 Å². The van der Waals surface area contributed by atoms with Crippen LogP contribution in [0.3, 0.4) is 0 Å². The predicted octanol–water partition coefficient (Wildman–Crippen LogP) is 2.52. The number of hydrogen-bond acceptors (Lipinski definition) is 6. The molecule has 1 atom stereocenters. The lowest BCUT2D eigenvalue weighted by molar-refractivity contribution is -0.117. The predicted molar refractivity (Wildman–Crippen MR) is 103 cm³/mol. The summed E-state index contributed by atoms with van der Waals surface area (Å²) in [6.45, 7) is 3.76. The number of ether oxygens (including phenoxy) is 2. The van der Waals surface area contributed by atoms with Gasteiger partial charge in [0.1, 0.15) is 18.1 Å². The highest BCUT2D eigenvalue weighted by molar-refractivity contribution is 5.93. The van der Waals surface area contributed by atoms with E-state index in [1.54, 1.807) is 31.6 Å². The molecule has 0 aliphatic rings. The summed E-state index contributed by atoms with van der Waals surface area (Å²) in [5.41, 5.74) is 0.628. The number of aliphatic hydroxyl groups excluding tert-OH is 1. The third-order valence-electron chi connectivity index (χ3n) is 3.89. The van der Waals surface area contributed by atoms with Gasteiger partial charge in [-0.05, 0) is 37.2 Å². The molecule has 0 aliphatic heterocycles. The first-order valence-corrected chi connectivity index (χ1v) is 9.05. The molecule has 2 aromatic rings. The minimum absolute atomic E-state index is 0.156. The summed E-state index contributed by atoms with van der Waals surface area (Å²) in [6, 6.07) is 10.9. The number of amides is 1. The number of methoxy groups -OCH3 is 1. The molecule has 1 unspecified atom stereocenters. The maximum absolute atomic E-state index is 12.4. The van der Waals surface area contributed by atoms with Gasteiger partial charge in [0.15, 0.2) is 0 Å². The Bertz CT molecular complexity index is 675. The summed E-state index contributed by atoms with van der Waals surface area (Å²) in [5.74, 6) is 1.17. The zero-order valence-electron chi connectivity index (χ0n) is 15.9. The van der Waals surface area contributed by atoms with Crippen LogP contribution in [0.25, 0.3) is 0 Å². The van der Waals surface area contributed by atoms with E-state index < -0.39 is 6.10 Å². The monoisotopic (exact) mass is 376 g/mol. The molecule has 148 valence electrons. The number of rotatable bonds is 12. The first kappa shape index (κ1) is 21.0. The number of aliphatic hydroxyl groups is 1. The lowest BCUT2D eigenvalue weighted by atomic mass is 10.2. The quantitative estimate of drug-likeness (QED) is 0.592. The van der Waals surface area contributed by atoms with Crippen molar-refractivity contribution in [3.63, 3.8) is 0 Å². The van der Waals surface area contributed by atoms with Gasteiger partial charge in [0.2, 0.25) is 5.91 Å². The fourth-order valence-electron chi connectivity index (χ4n) is 2.73. The number of benzene rings is 1. The van der Waals surface area contributed by atoms with Crippen molar-refractivity contribution in [1.82, 2.24) is 4.90 Å². The van der Waals surface area contributed by atoms with E-state index >= 15 is 0 Å². The van der Waals surface area contributed by atoms with E-state index in [0.29, 0.717) is 36.9 Å². The fourth-order valence-corrected chi connectivity index (χ4v) is 2.73. The average molecular weight is 376 g/mol. The number of furan rings is 1. The van der Waals surface area contributed by atoms with Crippen molar-refractivity contribution >= 4 is 11.6 Å². The van der Waals surface area contributed by atoms with Crippen molar-refractivity contribution in [1.29, 1.82) is 0 Å². The molecular formula is C20H28N2O5. The molecule has 0 saturated heterocycles. The average Bonchev–Trinajstić information content (AvgIpc) is 3.15. The molecule has 1 amide bonds. The number of nitrogens with one attached hydrogen (secondary N) is 1. The third-order valence-corrected chi connectivity index (χ3v) is 3.89. The molecule has 7 nitrogen and oxygen atoms in total. The van der Waals surface area contributed by atoms with E-state index in [9.17, 15) is 9.90 Å². The van der Waals surface area contributed by atoms with Gasteiger partial charge in [-0.15, -0.1) is 0 Å². The van der Waals surface area contributed by atoms with Crippen LogP contribution in [0.15, 0.2) is 47.1 Å². The van der Waals surface area contributed by atoms with Crippen LogP contribution >= 0.6 is 0 Å². The van der Waals surface area contributed by atoms with E-state index in [1.165, 1.54) is 0 Å². The highest BCUT2D eigenvalue weighted by Gasteiger charge is 2.16. The molecule has 1 aromatic heterocycles. The molecule has 1 aromatic carbocycles. The van der Waals surface area contributed by atoms with Crippen LogP contribution in [-0.4, -0.2) is 55.4 Å². The van der Waals surface area contributed by atoms with Gasteiger partial charge < -0.3 is 24.3 Å². The van der Waals surface area contributed by atoms with Gasteiger partial charge in [-0.2, -0.15) is 0 Å². The van der Waals surface area contributed by atoms with E-state index in [0.717, 1.165) is 6.42 Å². The lowest BCUT2D eigenvalue weighted by Crippen LogP contribution is -2.40. The van der Waals surface area contributed by atoms with Gasteiger partial charge in [0.25, 0.3) is 0 Å². The number of nitrogens with zero attached hydrogens (tertiary/aromatic N) is 1. The van der Waals surface area contributed by atoms with Gasteiger partial charge in [-0.25, -0.2) is 0 Å². The number of hydrogen-bond donors (Lipinski definition) is 2. The molecule has 2 rings (SSSR count). The van der Waals surface area contributed by atoms with Crippen LogP contribution < -0.4 is 10.1 Å². The van der Waals surface area contributed by atoms with Crippen LogP contribution in [0.2, 0.25) is 0 Å². The Labute approximate surface area is 159 Å². The highest BCUT2D eigenvalue weighted by atomic mass is 16.5. The first-order chi connectivity index (χ1) is 13.1. The number of carbonyl (C=O) groups is 1. The Morgan fingerprint density at radius 2 is 2.11 bits per heavy atom. The number of carbonyl (C=O) groups excluding carboxylic acids is 1. The third kappa shape index (κ3) is 7.42. The molecule has 2 N–H and O–H groups in total. The molecule has 1 heterocycles. The van der Waals surface area contributed by atoms with Crippen LogP contribution in [0.1, 0.15) is 19.1 Å². The fraction of sp³-hybridized carbons (Fsp3) is 0.450. The van der Waals surface area contributed by atoms with Crippen molar-refractivity contribution in [2.75, 3.05) is 38.7 Å². The molecule has 0 saturated carbocycles. The zero-order valence-corrected chi connectivity index (χ0v) is 15.9. The Morgan fingerprint density at radius 3 is 2.81 bits per heavy atom. The minimum atomic E-state index is -0.689. The Hall–Kier alpha value is -2.35. The van der Waals surface area contributed by atoms with Crippen molar-refractivity contribution in [3.05, 3.63) is 48.4 Å². The van der Waals surface area contributed by atoms with Gasteiger partial charge in [-0.1, -0.05) is 19.1 Å². The maximum Gasteiger partial charge on any atom is 0.238 e. The van der Waals surface area contributed by atoms with Gasteiger partial charge in [-0.3, -0.25) is 9.69 Å². The summed E-state index contributed by atoms with van der Waals surface area (Å²) < 4.78 is 15.9. The van der Waals surface area contributed by atoms with E-state index in [4.69, 9.17) is 13.9 Å². The second kappa shape index (κ2) is 11.4. The smallest absolute Gasteiger partial charge is 0.238 e. The summed E-state index contributed by atoms with van der Waals surface area (Å²) in [7, 11) is 1.56. The molecule has 0 aliphatic carbocycles. The number of anilines is 1. The topological polar surface area (TPSA) is 84.2 Å². The standard InChI is InChI=1S/C20H28N2O5/c1-3-10-22(12-16(23)14-26-15-17-7-6-11-27-17)13-20(24)21-18-8-4-5-9-19(18)25-2/h4-9,11,16,23H,3,10,12-15H2,1-2H3,(H,21,24). The lowest BCUT2D eigenvalue weighted by Gasteiger charge is -2.24. The molecule has 7 heteroatoms. The van der Waals surface area contributed by atoms with Crippen LogP contribution in [0.5, 0.6) is 5.75 Å². The Kier molecular flexibility index (Phi) is 8.83. The van der Waals surface area contributed by atoms with E-state index in [2.05, 4.69) is 5.32 Å². The molecule has 0 spiro atoms. The summed E-state index contributed by atoms with van der Waals surface area (Å²) >= 11 is 0. The minimum Gasteiger partial charge on any atom is -0.495 e. The molecular weight excluding hydrogens is 348 g/mol. The van der Waals surface area contributed by atoms with Crippen molar-refractivity contribution in [2.45, 2.75) is 26.1 Å². The highest BCUT2D eigenvalue weighted by Crippen LogP contribution is 2.22. The molecule has 0 fully saturated rings. The second-order valence-electron chi connectivity index (χ2n) is 6.23. The van der Waals surface area contributed by atoms with Crippen LogP contribution in [0, 0.1) is 0 Å². The van der Waals surface area contributed by atoms with Crippen LogP contribution in [0.4, 0.5) is 5.69 Å². The summed E-state index contributed by atoms with van der Waals surface area (Å²) in [6.07, 6.45) is 1.77. The largest absolute Gasteiger partial charge is 0.495 e. The SMILES string of the molecule is CCCN(CC(=O)Nc1ccccc1OC)CC(O)COCc1ccco1. The molecule has 0 radical (unpaired) electrons. The van der Waals surface area contributed by atoms with Gasteiger partial charge >= 0.3 is 0 Å². The second-order valence-corrected chi connectivity index (χ2v) is 6.23. The molecule has 0 bridgehead atoms. The van der Waals surface area contributed by atoms with Gasteiger partial charge in [0.05, 0.1) is 38.3 Å². The van der Waals surface area contributed by atoms with Crippen molar-refractivity contribution < 1.29 is 23.8 Å². The normalized spacial score (nSPS) is 12.1. The van der Waals surface area contributed by atoms with Gasteiger partial charge in [0, 0.05) is 6.54 Å². The van der Waals surface area contributed by atoms with Crippen molar-refractivity contribution in [3.8, 4) is 5.75 Å². The Morgan fingerprint density at radius 1 is 1.30 bits per heavy atom. The molecule has 27 heavy (non-hydrogen) atoms. The number of para-hydroxylation sites is 2. The maximum atomic E-state index is 12.4. The van der Waals surface area contributed by atoms with E-state index in [-0.39, 0.29) is 19.1 Å². The first-order valence-electron chi connectivity index (χ1n) is 9.05. The zero-order chi connectivity index (χ0) is 19.5. The summed E-state index contributed by atoms with van der Waals surface area (Å²) in [5, 5.41) is 13.1. The van der Waals surface area contributed by atoms with Crippen molar-refractivity contribution in [2.24, 2.45) is 0 Å². The Balaban J connectivity index is 1.79. The van der Waals surface area contributed by atoms with E-state index in [1.807, 2.05) is 30.0 Å².